The highest BCUT2D eigenvalue weighted by Crippen LogP contribution is 2.33. The van der Waals surface area contributed by atoms with Crippen LogP contribution in [0.25, 0.3) is 0 Å². The molecule has 8 nitrogen and oxygen atoms in total. The number of esters is 2. The van der Waals surface area contributed by atoms with Gasteiger partial charge in [0.1, 0.15) is 0 Å². The summed E-state index contributed by atoms with van der Waals surface area (Å²) in [7, 11) is 1.66. The summed E-state index contributed by atoms with van der Waals surface area (Å²) in [5.74, 6) is -0.462. The van der Waals surface area contributed by atoms with Gasteiger partial charge in [-0.2, -0.15) is 0 Å². The monoisotopic (exact) mass is 471 g/mol. The molecule has 2 amide bonds. The van der Waals surface area contributed by atoms with E-state index in [-0.39, 0.29) is 24.5 Å². The molecular weight excluding hydrogens is 434 g/mol. The maximum atomic E-state index is 13.2. The maximum Gasteiger partial charge on any atom is 0.338 e. The molecule has 2 heterocycles. The predicted molar refractivity (Wildman–Crippen MR) is 129 cm³/mol. The van der Waals surface area contributed by atoms with E-state index in [1.807, 2.05) is 24.3 Å². The zero-order valence-corrected chi connectivity index (χ0v) is 20.9. The minimum absolute atomic E-state index is 0.190. The Balaban J connectivity index is 1.96. The molecule has 0 aliphatic carbocycles. The van der Waals surface area contributed by atoms with E-state index < -0.39 is 12.0 Å². The molecule has 2 atom stereocenters. The standard InChI is InChI=1S/C26H37N3O5/c1-6-33-24(30)20-9-8-14-29(15-20)16-21-22(25(31)34-7-2)23(27-26(32)28(21)5)19-12-10-18(11-13-19)17(3)4/h10-13,17,20,23H,6-9,14-16H2,1-5H3,(H,27,32)/t20-,23-/m0/s1. The molecule has 0 saturated carbocycles. The van der Waals surface area contributed by atoms with Gasteiger partial charge < -0.3 is 14.8 Å². The van der Waals surface area contributed by atoms with Crippen LogP contribution in [0.15, 0.2) is 35.5 Å². The topological polar surface area (TPSA) is 88.2 Å². The number of hydrogen-bond acceptors (Lipinski definition) is 6. The number of amides is 2. The average molecular weight is 472 g/mol. The molecule has 3 rings (SSSR count). The molecule has 1 aromatic carbocycles. The number of nitrogens with zero attached hydrogens (tertiary/aromatic N) is 2. The van der Waals surface area contributed by atoms with E-state index in [4.69, 9.17) is 9.47 Å². The van der Waals surface area contributed by atoms with Gasteiger partial charge in [0.15, 0.2) is 0 Å². The number of hydrogen-bond donors (Lipinski definition) is 1. The molecule has 8 heteroatoms. The lowest BCUT2D eigenvalue weighted by Crippen LogP contribution is -2.50. The fraction of sp³-hybridized carbons (Fsp3) is 0.577. The van der Waals surface area contributed by atoms with Crippen LogP contribution in [0.2, 0.25) is 0 Å². The normalized spacial score (nSPS) is 21.5. The molecule has 0 bridgehead atoms. The molecule has 1 fully saturated rings. The number of likely N-dealkylation sites (N-methyl/N-ethyl adjacent to an activating group) is 1. The van der Waals surface area contributed by atoms with Crippen molar-refractivity contribution in [2.45, 2.75) is 52.5 Å². The van der Waals surface area contributed by atoms with Crippen LogP contribution in [0.3, 0.4) is 0 Å². The van der Waals surface area contributed by atoms with Crippen LogP contribution in [0.4, 0.5) is 4.79 Å². The SMILES string of the molecule is CCOC(=O)C1=C(CN2CCC[C@H](C(=O)OCC)C2)N(C)C(=O)N[C@H]1c1ccc(C(C)C)cc1. The fourth-order valence-corrected chi connectivity index (χ4v) is 4.58. The van der Waals surface area contributed by atoms with Crippen LogP contribution < -0.4 is 5.32 Å². The Labute approximate surface area is 202 Å². The number of piperidine rings is 1. The molecule has 0 unspecified atom stereocenters. The Morgan fingerprint density at radius 3 is 2.41 bits per heavy atom. The summed E-state index contributed by atoms with van der Waals surface area (Å²) >= 11 is 0. The first-order valence-electron chi connectivity index (χ1n) is 12.2. The first-order chi connectivity index (χ1) is 16.3. The van der Waals surface area contributed by atoms with E-state index in [9.17, 15) is 14.4 Å². The number of rotatable bonds is 8. The minimum Gasteiger partial charge on any atom is -0.466 e. The molecule has 0 radical (unpaired) electrons. The van der Waals surface area contributed by atoms with Crippen LogP contribution in [0.5, 0.6) is 0 Å². The average Bonchev–Trinajstić information content (AvgIpc) is 2.82. The summed E-state index contributed by atoms with van der Waals surface area (Å²) in [6.45, 7) is 10.1. The van der Waals surface area contributed by atoms with Crippen molar-refractivity contribution in [1.29, 1.82) is 0 Å². The van der Waals surface area contributed by atoms with Crippen molar-refractivity contribution in [3.05, 3.63) is 46.7 Å². The lowest BCUT2D eigenvalue weighted by atomic mass is 9.91. The third-order valence-electron chi connectivity index (χ3n) is 6.51. The van der Waals surface area contributed by atoms with Crippen molar-refractivity contribution in [1.82, 2.24) is 15.1 Å². The summed E-state index contributed by atoms with van der Waals surface area (Å²) in [4.78, 5) is 42.0. The number of carbonyl (C=O) groups excluding carboxylic acids is 3. The minimum atomic E-state index is -0.607. The van der Waals surface area contributed by atoms with Gasteiger partial charge in [-0.25, -0.2) is 9.59 Å². The quantitative estimate of drug-likeness (QED) is 0.583. The number of carbonyl (C=O) groups is 3. The highest BCUT2D eigenvalue weighted by Gasteiger charge is 2.38. The lowest BCUT2D eigenvalue weighted by molar-refractivity contribution is -0.150. The predicted octanol–water partition coefficient (Wildman–Crippen LogP) is 3.60. The van der Waals surface area contributed by atoms with E-state index in [1.54, 1.807) is 20.9 Å². The third kappa shape index (κ3) is 5.78. The van der Waals surface area contributed by atoms with Crippen LogP contribution >= 0.6 is 0 Å². The number of ether oxygens (including phenoxy) is 2. The summed E-state index contributed by atoms with van der Waals surface area (Å²) in [6, 6.07) is 7.09. The molecule has 1 aromatic rings. The molecule has 34 heavy (non-hydrogen) atoms. The zero-order valence-electron chi connectivity index (χ0n) is 20.9. The second kappa shape index (κ2) is 11.5. The van der Waals surface area contributed by atoms with E-state index in [2.05, 4.69) is 24.1 Å². The Morgan fingerprint density at radius 2 is 1.79 bits per heavy atom. The Hall–Kier alpha value is -2.87. The van der Waals surface area contributed by atoms with Crippen molar-refractivity contribution in [2.24, 2.45) is 5.92 Å². The number of likely N-dealkylation sites (tertiary alicyclic amines) is 1. The molecule has 0 spiro atoms. The van der Waals surface area contributed by atoms with Crippen LogP contribution in [0, 0.1) is 5.92 Å². The van der Waals surface area contributed by atoms with Crippen molar-refractivity contribution >= 4 is 18.0 Å². The van der Waals surface area contributed by atoms with Gasteiger partial charge in [-0.1, -0.05) is 38.1 Å². The molecule has 1 N–H and O–H groups in total. The second-order valence-corrected chi connectivity index (χ2v) is 9.17. The molecule has 186 valence electrons. The van der Waals surface area contributed by atoms with Crippen LogP contribution in [0.1, 0.15) is 63.6 Å². The van der Waals surface area contributed by atoms with E-state index in [1.165, 1.54) is 10.5 Å². The van der Waals surface area contributed by atoms with Gasteiger partial charge >= 0.3 is 18.0 Å². The molecule has 0 aromatic heterocycles. The summed E-state index contributed by atoms with van der Waals surface area (Å²) in [5, 5.41) is 2.97. The van der Waals surface area contributed by atoms with Gasteiger partial charge in [-0.05, 0) is 50.3 Å². The summed E-state index contributed by atoms with van der Waals surface area (Å²) < 4.78 is 10.6. The van der Waals surface area contributed by atoms with Crippen molar-refractivity contribution in [2.75, 3.05) is 39.9 Å². The van der Waals surface area contributed by atoms with E-state index in [0.717, 1.165) is 24.9 Å². The van der Waals surface area contributed by atoms with Crippen molar-refractivity contribution < 1.29 is 23.9 Å². The number of nitrogens with one attached hydrogen (secondary N) is 1. The summed E-state index contributed by atoms with van der Waals surface area (Å²) in [5.41, 5.74) is 3.04. The highest BCUT2D eigenvalue weighted by atomic mass is 16.5. The van der Waals surface area contributed by atoms with Gasteiger partial charge in [0.2, 0.25) is 0 Å². The first-order valence-corrected chi connectivity index (χ1v) is 12.2. The smallest absolute Gasteiger partial charge is 0.338 e. The maximum absolute atomic E-state index is 13.2. The van der Waals surface area contributed by atoms with Gasteiger partial charge in [0.25, 0.3) is 0 Å². The first kappa shape index (κ1) is 25.7. The van der Waals surface area contributed by atoms with Crippen molar-refractivity contribution in [3.8, 4) is 0 Å². The van der Waals surface area contributed by atoms with E-state index in [0.29, 0.717) is 36.9 Å². The third-order valence-corrected chi connectivity index (χ3v) is 6.51. The Kier molecular flexibility index (Phi) is 8.72. The van der Waals surface area contributed by atoms with Gasteiger partial charge in [-0.3, -0.25) is 14.6 Å². The number of urea groups is 1. The Morgan fingerprint density at radius 1 is 1.12 bits per heavy atom. The summed E-state index contributed by atoms with van der Waals surface area (Å²) in [6.07, 6.45) is 1.63. The second-order valence-electron chi connectivity index (χ2n) is 9.17. The number of benzene rings is 1. The fourth-order valence-electron chi connectivity index (χ4n) is 4.58. The van der Waals surface area contributed by atoms with Crippen LogP contribution in [-0.2, 0) is 19.1 Å². The largest absolute Gasteiger partial charge is 0.466 e. The van der Waals surface area contributed by atoms with Gasteiger partial charge in [-0.15, -0.1) is 0 Å². The molecule has 1 saturated heterocycles. The zero-order chi connectivity index (χ0) is 24.8. The van der Waals surface area contributed by atoms with E-state index >= 15 is 0 Å². The molecule has 2 aliphatic heterocycles. The van der Waals surface area contributed by atoms with Gasteiger partial charge in [0.05, 0.1) is 30.7 Å². The van der Waals surface area contributed by atoms with Gasteiger partial charge in [0, 0.05) is 25.8 Å². The van der Waals surface area contributed by atoms with Crippen molar-refractivity contribution in [3.63, 3.8) is 0 Å². The lowest BCUT2D eigenvalue weighted by Gasteiger charge is -2.38. The molecule has 2 aliphatic rings. The highest BCUT2D eigenvalue weighted by molar-refractivity contribution is 5.95. The Bertz CT molecular complexity index is 925. The molecular formula is C26H37N3O5. The van der Waals surface area contributed by atoms with Crippen LogP contribution in [-0.4, -0.2) is 67.7 Å².